The van der Waals surface area contributed by atoms with E-state index in [9.17, 15) is 18.3 Å². The summed E-state index contributed by atoms with van der Waals surface area (Å²) in [4.78, 5) is 0. The lowest BCUT2D eigenvalue weighted by Crippen LogP contribution is -2.17. The fourth-order valence-electron chi connectivity index (χ4n) is 1.97. The molecular formula is C15H15ClF3NO3. The Bertz CT molecular complexity index is 647. The fraction of sp³-hybridized carbons (Fsp3) is 0.200. The van der Waals surface area contributed by atoms with Gasteiger partial charge in [-0.1, -0.05) is 18.2 Å². The second-order valence-electron chi connectivity index (χ2n) is 4.53. The van der Waals surface area contributed by atoms with Gasteiger partial charge in [0.05, 0.1) is 13.2 Å². The van der Waals surface area contributed by atoms with E-state index >= 15 is 0 Å². The van der Waals surface area contributed by atoms with E-state index < -0.39 is 12.4 Å². The SMILES string of the molecule is COc1ccc([C@H](N)c2ccc(OC(F)(F)F)cc2)cc1O.Cl. The van der Waals surface area contributed by atoms with Crippen LogP contribution in [0.25, 0.3) is 0 Å². The summed E-state index contributed by atoms with van der Waals surface area (Å²) in [7, 11) is 1.42. The molecule has 2 rings (SSSR count). The van der Waals surface area contributed by atoms with Crippen molar-refractivity contribution in [1.82, 2.24) is 0 Å². The minimum absolute atomic E-state index is 0. The minimum atomic E-state index is -4.73. The van der Waals surface area contributed by atoms with Gasteiger partial charge in [-0.2, -0.15) is 0 Å². The number of aromatic hydroxyl groups is 1. The first-order valence-corrected chi connectivity index (χ1v) is 6.28. The molecule has 0 radical (unpaired) electrons. The van der Waals surface area contributed by atoms with Crippen molar-refractivity contribution in [3.8, 4) is 17.2 Å². The molecule has 4 nitrogen and oxygen atoms in total. The average molecular weight is 350 g/mol. The summed E-state index contributed by atoms with van der Waals surface area (Å²) in [5.41, 5.74) is 7.22. The van der Waals surface area contributed by atoms with Gasteiger partial charge in [-0.15, -0.1) is 25.6 Å². The van der Waals surface area contributed by atoms with E-state index in [1.807, 2.05) is 0 Å². The van der Waals surface area contributed by atoms with E-state index in [0.717, 1.165) is 0 Å². The summed E-state index contributed by atoms with van der Waals surface area (Å²) in [5.74, 6) is -0.0709. The lowest BCUT2D eigenvalue weighted by atomic mass is 9.99. The van der Waals surface area contributed by atoms with Crippen LogP contribution in [0.5, 0.6) is 17.2 Å². The normalized spacial score (nSPS) is 12.2. The second kappa shape index (κ2) is 7.43. The monoisotopic (exact) mass is 349 g/mol. The molecule has 0 aromatic heterocycles. The van der Waals surface area contributed by atoms with Crippen LogP contribution in [0, 0.1) is 0 Å². The largest absolute Gasteiger partial charge is 0.573 e. The zero-order chi connectivity index (χ0) is 16.3. The maximum Gasteiger partial charge on any atom is 0.573 e. The molecule has 0 spiro atoms. The third kappa shape index (κ3) is 4.94. The Morgan fingerprint density at radius 2 is 1.61 bits per heavy atom. The Balaban J connectivity index is 0.00000264. The number of nitrogens with two attached hydrogens (primary N) is 1. The first kappa shape index (κ1) is 18.9. The van der Waals surface area contributed by atoms with Gasteiger partial charge in [0.25, 0.3) is 0 Å². The Kier molecular flexibility index (Phi) is 6.12. The zero-order valence-electron chi connectivity index (χ0n) is 12.0. The number of hydrogen-bond donors (Lipinski definition) is 2. The molecule has 0 saturated carbocycles. The van der Waals surface area contributed by atoms with Crippen molar-refractivity contribution in [2.45, 2.75) is 12.4 Å². The maximum absolute atomic E-state index is 12.1. The van der Waals surface area contributed by atoms with E-state index in [1.54, 1.807) is 12.1 Å². The zero-order valence-corrected chi connectivity index (χ0v) is 12.8. The van der Waals surface area contributed by atoms with Crippen LogP contribution in [0.15, 0.2) is 42.5 Å². The van der Waals surface area contributed by atoms with Gasteiger partial charge >= 0.3 is 6.36 Å². The number of hydrogen-bond acceptors (Lipinski definition) is 4. The van der Waals surface area contributed by atoms with Gasteiger partial charge in [0, 0.05) is 0 Å². The van der Waals surface area contributed by atoms with Crippen molar-refractivity contribution in [2.24, 2.45) is 5.73 Å². The predicted octanol–water partition coefficient (Wildman–Crippen LogP) is 3.77. The molecule has 2 aromatic rings. The summed E-state index contributed by atoms with van der Waals surface area (Å²) >= 11 is 0. The Morgan fingerprint density at radius 3 is 2.09 bits per heavy atom. The maximum atomic E-state index is 12.1. The van der Waals surface area contributed by atoms with Gasteiger partial charge in [0.2, 0.25) is 0 Å². The minimum Gasteiger partial charge on any atom is -0.504 e. The molecule has 0 heterocycles. The molecule has 0 saturated heterocycles. The van der Waals surface area contributed by atoms with Gasteiger partial charge in [-0.25, -0.2) is 0 Å². The summed E-state index contributed by atoms with van der Waals surface area (Å²) in [6, 6.07) is 9.33. The number of alkyl halides is 3. The standard InChI is InChI=1S/C15H14F3NO3.ClH/c1-21-13-7-4-10(8-12(13)20)14(19)9-2-5-11(6-3-9)22-15(16,17)18;/h2-8,14,20H,19H2,1H3;1H/t14-;/m1./s1. The molecular weight excluding hydrogens is 335 g/mol. The number of methoxy groups -OCH3 is 1. The van der Waals surface area contributed by atoms with Gasteiger partial charge in [0.1, 0.15) is 5.75 Å². The molecule has 3 N–H and O–H groups in total. The average Bonchev–Trinajstić information content (AvgIpc) is 2.45. The summed E-state index contributed by atoms with van der Waals surface area (Å²) in [5, 5.41) is 9.73. The van der Waals surface area contributed by atoms with Crippen LogP contribution in [0.2, 0.25) is 0 Å². The third-order valence-electron chi connectivity index (χ3n) is 3.03. The van der Waals surface area contributed by atoms with Crippen molar-refractivity contribution in [1.29, 1.82) is 0 Å². The molecule has 0 aliphatic carbocycles. The number of phenols is 1. The lowest BCUT2D eigenvalue weighted by Gasteiger charge is -2.15. The fourth-order valence-corrected chi connectivity index (χ4v) is 1.97. The topological polar surface area (TPSA) is 64.7 Å². The van der Waals surface area contributed by atoms with Crippen LogP contribution < -0.4 is 15.2 Å². The molecule has 2 aromatic carbocycles. The van der Waals surface area contributed by atoms with Crippen LogP contribution in [0.3, 0.4) is 0 Å². The van der Waals surface area contributed by atoms with Gasteiger partial charge < -0.3 is 20.3 Å². The summed E-state index contributed by atoms with van der Waals surface area (Å²) < 4.78 is 45.0. The number of phenolic OH excluding ortho intramolecular Hbond substituents is 1. The Labute approximate surface area is 137 Å². The summed E-state index contributed by atoms with van der Waals surface area (Å²) in [6.07, 6.45) is -4.73. The molecule has 0 amide bonds. The van der Waals surface area contributed by atoms with Gasteiger partial charge in [-0.3, -0.25) is 0 Å². The molecule has 0 bridgehead atoms. The van der Waals surface area contributed by atoms with Crippen molar-refractivity contribution >= 4 is 12.4 Å². The van der Waals surface area contributed by atoms with E-state index in [-0.39, 0.29) is 23.9 Å². The molecule has 0 unspecified atom stereocenters. The van der Waals surface area contributed by atoms with Crippen LogP contribution in [0.4, 0.5) is 13.2 Å². The number of rotatable bonds is 4. The van der Waals surface area contributed by atoms with E-state index in [4.69, 9.17) is 10.5 Å². The highest BCUT2D eigenvalue weighted by Crippen LogP contribution is 2.31. The second-order valence-corrected chi connectivity index (χ2v) is 4.53. The Hall–Kier alpha value is -2.12. The number of halogens is 4. The number of benzene rings is 2. The quantitative estimate of drug-likeness (QED) is 0.882. The molecule has 1 atom stereocenters. The molecule has 0 fully saturated rings. The summed E-state index contributed by atoms with van der Waals surface area (Å²) in [6.45, 7) is 0. The van der Waals surface area contributed by atoms with Crippen molar-refractivity contribution < 1.29 is 27.8 Å². The van der Waals surface area contributed by atoms with E-state index in [0.29, 0.717) is 16.9 Å². The lowest BCUT2D eigenvalue weighted by molar-refractivity contribution is -0.274. The smallest absolute Gasteiger partial charge is 0.504 e. The first-order valence-electron chi connectivity index (χ1n) is 6.28. The molecule has 0 aliphatic heterocycles. The molecule has 23 heavy (non-hydrogen) atoms. The highest BCUT2D eigenvalue weighted by Gasteiger charge is 2.31. The van der Waals surface area contributed by atoms with Gasteiger partial charge in [-0.05, 0) is 35.4 Å². The highest BCUT2D eigenvalue weighted by molar-refractivity contribution is 5.85. The highest BCUT2D eigenvalue weighted by atomic mass is 35.5. The van der Waals surface area contributed by atoms with E-state index in [2.05, 4.69) is 4.74 Å². The molecule has 126 valence electrons. The third-order valence-corrected chi connectivity index (χ3v) is 3.03. The van der Waals surface area contributed by atoms with Crippen molar-refractivity contribution in [3.63, 3.8) is 0 Å². The van der Waals surface area contributed by atoms with Crippen molar-refractivity contribution in [3.05, 3.63) is 53.6 Å². The van der Waals surface area contributed by atoms with Gasteiger partial charge in [0.15, 0.2) is 11.5 Å². The number of ether oxygens (including phenoxy) is 2. The van der Waals surface area contributed by atoms with Crippen LogP contribution in [-0.4, -0.2) is 18.6 Å². The van der Waals surface area contributed by atoms with Crippen LogP contribution in [-0.2, 0) is 0 Å². The van der Waals surface area contributed by atoms with Crippen LogP contribution in [0.1, 0.15) is 17.2 Å². The predicted molar refractivity (Wildman–Crippen MR) is 81.1 cm³/mol. The van der Waals surface area contributed by atoms with Crippen molar-refractivity contribution in [2.75, 3.05) is 7.11 Å². The first-order chi connectivity index (χ1) is 10.3. The van der Waals surface area contributed by atoms with Crippen LogP contribution >= 0.6 is 12.4 Å². The molecule has 0 aliphatic rings. The molecule has 8 heteroatoms. The Morgan fingerprint density at radius 1 is 1.04 bits per heavy atom. The van der Waals surface area contributed by atoms with E-state index in [1.165, 1.54) is 37.4 Å².